The molecule has 1 heterocycles. The van der Waals surface area contributed by atoms with Crippen molar-refractivity contribution in [2.45, 2.75) is 49.0 Å². The molecule has 2 aliphatic rings. The number of piperidine rings is 1. The Morgan fingerprint density at radius 3 is 2.55 bits per heavy atom. The number of nitrogens with zero attached hydrogens (tertiary/aromatic N) is 1. The summed E-state index contributed by atoms with van der Waals surface area (Å²) in [6.45, 7) is 0.865. The molecule has 4 rings (SSSR count). The number of rotatable bonds is 6. The summed E-state index contributed by atoms with van der Waals surface area (Å²) in [4.78, 5) is 12.1. The zero-order chi connectivity index (χ0) is 22.0. The SMILES string of the molecule is COC(=O)c1ccc(C2CC2)c(S(=O)(=O)Nc2cc(C#N)ccc2C2CCCCN2)c1. The lowest BCUT2D eigenvalue weighted by Gasteiger charge is -2.26. The molecule has 2 fully saturated rings. The van der Waals surface area contributed by atoms with Crippen LogP contribution in [0.25, 0.3) is 0 Å². The topological polar surface area (TPSA) is 108 Å². The van der Waals surface area contributed by atoms with Gasteiger partial charge in [-0.15, -0.1) is 0 Å². The number of esters is 1. The number of anilines is 1. The molecule has 2 aromatic rings. The first-order valence-corrected chi connectivity index (χ1v) is 11.9. The smallest absolute Gasteiger partial charge is 0.337 e. The fourth-order valence-electron chi connectivity index (χ4n) is 4.08. The minimum absolute atomic E-state index is 0.0171. The maximum Gasteiger partial charge on any atom is 0.337 e. The van der Waals surface area contributed by atoms with E-state index in [1.807, 2.05) is 6.07 Å². The van der Waals surface area contributed by atoms with E-state index in [1.165, 1.54) is 13.2 Å². The molecule has 0 spiro atoms. The standard InChI is InChI=1S/C23H25N3O4S/c1-30-23(27)17-8-10-18(16-6-7-16)22(13-17)31(28,29)26-21-12-15(14-24)5-9-19(21)20-4-2-3-11-25-20/h5,8-10,12-13,16,20,25-26H,2-4,6-7,11H2,1H3. The first kappa shape index (κ1) is 21.3. The Labute approximate surface area is 182 Å². The maximum absolute atomic E-state index is 13.5. The van der Waals surface area contributed by atoms with Crippen LogP contribution in [0.4, 0.5) is 5.69 Å². The molecule has 31 heavy (non-hydrogen) atoms. The van der Waals surface area contributed by atoms with Gasteiger partial charge in [0, 0.05) is 6.04 Å². The van der Waals surface area contributed by atoms with Crippen molar-refractivity contribution in [1.29, 1.82) is 5.26 Å². The van der Waals surface area contributed by atoms with Gasteiger partial charge in [-0.3, -0.25) is 4.72 Å². The molecule has 2 aromatic carbocycles. The molecule has 1 saturated carbocycles. The molecule has 0 aromatic heterocycles. The van der Waals surface area contributed by atoms with Crippen LogP contribution in [0.5, 0.6) is 0 Å². The summed E-state index contributed by atoms with van der Waals surface area (Å²) in [5.74, 6) is -0.416. The van der Waals surface area contributed by atoms with Gasteiger partial charge in [-0.1, -0.05) is 18.6 Å². The summed E-state index contributed by atoms with van der Waals surface area (Å²) in [5, 5.41) is 12.8. The molecule has 7 nitrogen and oxygen atoms in total. The molecular formula is C23H25N3O4S. The second kappa shape index (κ2) is 8.69. The van der Waals surface area contributed by atoms with E-state index in [0.29, 0.717) is 16.8 Å². The van der Waals surface area contributed by atoms with Crippen LogP contribution in [-0.2, 0) is 14.8 Å². The number of hydrogen-bond acceptors (Lipinski definition) is 6. The number of benzene rings is 2. The van der Waals surface area contributed by atoms with Crippen molar-refractivity contribution in [2.75, 3.05) is 18.4 Å². The quantitative estimate of drug-likeness (QED) is 0.662. The second-order valence-corrected chi connectivity index (χ2v) is 9.69. The predicted molar refractivity (Wildman–Crippen MR) is 116 cm³/mol. The summed E-state index contributed by atoms with van der Waals surface area (Å²) in [7, 11) is -2.73. The van der Waals surface area contributed by atoms with Crippen LogP contribution < -0.4 is 10.0 Å². The Balaban J connectivity index is 1.75. The Hall–Kier alpha value is -2.89. The van der Waals surface area contributed by atoms with Crippen LogP contribution in [0.3, 0.4) is 0 Å². The van der Waals surface area contributed by atoms with E-state index in [4.69, 9.17) is 4.74 Å². The van der Waals surface area contributed by atoms with Crippen LogP contribution in [0.1, 0.15) is 71.1 Å². The Morgan fingerprint density at radius 2 is 1.90 bits per heavy atom. The van der Waals surface area contributed by atoms with Crippen LogP contribution in [0.15, 0.2) is 41.3 Å². The second-order valence-electron chi connectivity index (χ2n) is 8.04. The fraction of sp³-hybridized carbons (Fsp3) is 0.391. The van der Waals surface area contributed by atoms with Crippen LogP contribution >= 0.6 is 0 Å². The number of nitriles is 1. The summed E-state index contributed by atoms with van der Waals surface area (Å²) < 4.78 is 34.5. The first-order chi connectivity index (χ1) is 14.9. The number of sulfonamides is 1. The van der Waals surface area contributed by atoms with E-state index in [1.54, 1.807) is 24.3 Å². The molecular weight excluding hydrogens is 414 g/mol. The molecule has 1 atom stereocenters. The van der Waals surface area contributed by atoms with Crippen molar-refractivity contribution in [3.05, 3.63) is 58.7 Å². The molecule has 1 unspecified atom stereocenters. The number of ether oxygens (including phenoxy) is 1. The predicted octanol–water partition coefficient (Wildman–Crippen LogP) is 3.84. The molecule has 0 radical (unpaired) electrons. The third-order valence-corrected chi connectivity index (χ3v) is 7.28. The zero-order valence-corrected chi connectivity index (χ0v) is 18.2. The number of nitrogens with one attached hydrogen (secondary N) is 2. The number of carbonyl (C=O) groups excluding carboxylic acids is 1. The molecule has 1 aliphatic carbocycles. The van der Waals surface area contributed by atoms with Gasteiger partial charge in [0.15, 0.2) is 0 Å². The van der Waals surface area contributed by atoms with E-state index >= 15 is 0 Å². The van der Waals surface area contributed by atoms with Crippen molar-refractivity contribution < 1.29 is 17.9 Å². The third kappa shape index (κ3) is 4.58. The van der Waals surface area contributed by atoms with Crippen molar-refractivity contribution in [2.24, 2.45) is 0 Å². The lowest BCUT2D eigenvalue weighted by molar-refractivity contribution is 0.0600. The molecule has 2 N–H and O–H groups in total. The van der Waals surface area contributed by atoms with Gasteiger partial charge >= 0.3 is 5.97 Å². The van der Waals surface area contributed by atoms with Crippen LogP contribution in [-0.4, -0.2) is 28.0 Å². The van der Waals surface area contributed by atoms with E-state index < -0.39 is 16.0 Å². The van der Waals surface area contributed by atoms with Crippen molar-refractivity contribution in [3.63, 3.8) is 0 Å². The van der Waals surface area contributed by atoms with Gasteiger partial charge in [-0.25, -0.2) is 13.2 Å². The molecule has 0 amide bonds. The summed E-state index contributed by atoms with van der Waals surface area (Å²) >= 11 is 0. The fourth-order valence-corrected chi connectivity index (χ4v) is 5.48. The first-order valence-electron chi connectivity index (χ1n) is 10.5. The maximum atomic E-state index is 13.5. The van der Waals surface area contributed by atoms with Gasteiger partial charge < -0.3 is 10.1 Å². The van der Waals surface area contributed by atoms with Crippen molar-refractivity contribution in [1.82, 2.24) is 5.32 Å². The lowest BCUT2D eigenvalue weighted by Crippen LogP contribution is -2.28. The van der Waals surface area contributed by atoms with E-state index in [9.17, 15) is 18.5 Å². The molecule has 8 heteroatoms. The molecule has 1 saturated heterocycles. The summed E-state index contributed by atoms with van der Waals surface area (Å²) in [6, 6.07) is 11.9. The highest BCUT2D eigenvalue weighted by molar-refractivity contribution is 7.92. The molecule has 0 bridgehead atoms. The minimum atomic E-state index is -3.99. The van der Waals surface area contributed by atoms with Gasteiger partial charge in [0.2, 0.25) is 0 Å². The number of hydrogen-bond donors (Lipinski definition) is 2. The largest absolute Gasteiger partial charge is 0.465 e. The number of carbonyl (C=O) groups is 1. The molecule has 162 valence electrons. The van der Waals surface area contributed by atoms with Gasteiger partial charge in [0.05, 0.1) is 34.9 Å². The highest BCUT2D eigenvalue weighted by atomic mass is 32.2. The van der Waals surface area contributed by atoms with Crippen LogP contribution in [0.2, 0.25) is 0 Å². The highest BCUT2D eigenvalue weighted by Crippen LogP contribution is 2.43. The third-order valence-electron chi connectivity index (χ3n) is 5.85. The van der Waals surface area contributed by atoms with Gasteiger partial charge in [0.25, 0.3) is 10.0 Å². The van der Waals surface area contributed by atoms with Gasteiger partial charge in [-0.2, -0.15) is 5.26 Å². The minimum Gasteiger partial charge on any atom is -0.465 e. The van der Waals surface area contributed by atoms with E-state index in [0.717, 1.165) is 44.2 Å². The normalized spacial score (nSPS) is 18.8. The van der Waals surface area contributed by atoms with Gasteiger partial charge in [0.1, 0.15) is 0 Å². The average Bonchev–Trinajstić information content (AvgIpc) is 3.64. The van der Waals surface area contributed by atoms with E-state index in [-0.39, 0.29) is 22.4 Å². The average molecular weight is 440 g/mol. The molecule has 1 aliphatic heterocycles. The Kier molecular flexibility index (Phi) is 5.99. The number of methoxy groups -OCH3 is 1. The van der Waals surface area contributed by atoms with Crippen molar-refractivity contribution >= 4 is 21.7 Å². The summed E-state index contributed by atoms with van der Waals surface area (Å²) in [5.41, 5.74) is 2.48. The summed E-state index contributed by atoms with van der Waals surface area (Å²) in [6.07, 6.45) is 4.87. The Morgan fingerprint density at radius 1 is 1.13 bits per heavy atom. The monoisotopic (exact) mass is 439 g/mol. The Bertz CT molecular complexity index is 1140. The van der Waals surface area contributed by atoms with Crippen molar-refractivity contribution in [3.8, 4) is 6.07 Å². The van der Waals surface area contributed by atoms with Gasteiger partial charge in [-0.05, 0) is 73.5 Å². The van der Waals surface area contributed by atoms with Crippen LogP contribution in [0, 0.1) is 11.3 Å². The lowest BCUT2D eigenvalue weighted by atomic mass is 9.95. The van der Waals surface area contributed by atoms with E-state index in [2.05, 4.69) is 16.1 Å². The highest BCUT2D eigenvalue weighted by Gasteiger charge is 2.32. The zero-order valence-electron chi connectivity index (χ0n) is 17.3.